The molecule has 1 aromatic carbocycles. The molecule has 108 valence electrons. The Kier molecular flexibility index (Phi) is 6.20. The summed E-state index contributed by atoms with van der Waals surface area (Å²) in [6.07, 6.45) is 6.65. The van der Waals surface area contributed by atoms with Gasteiger partial charge in [-0.25, -0.2) is 0 Å². The monoisotopic (exact) mass is 264 g/mol. The molecule has 0 unspecified atom stereocenters. The number of methoxy groups -OCH3 is 1. The summed E-state index contributed by atoms with van der Waals surface area (Å²) in [5.74, 6) is 1.33. The Morgan fingerprint density at radius 2 is 1.63 bits per heavy atom. The average molecular weight is 264 g/mol. The van der Waals surface area contributed by atoms with Gasteiger partial charge in [0.2, 0.25) is 0 Å². The predicted octanol–water partition coefficient (Wildman–Crippen LogP) is 4.70. The standard InChI is InChI=1S/C17H28O2/c1-6-8-9-10-11-15-16(18)12(3)14(7-2)13(4)17(15)19-5/h18H,6-11H2,1-5H3. The van der Waals surface area contributed by atoms with Gasteiger partial charge < -0.3 is 9.84 Å². The average Bonchev–Trinajstić information content (AvgIpc) is 2.41. The van der Waals surface area contributed by atoms with Gasteiger partial charge in [0.05, 0.1) is 7.11 Å². The maximum Gasteiger partial charge on any atom is 0.128 e. The van der Waals surface area contributed by atoms with Crippen molar-refractivity contribution in [2.45, 2.75) is 66.2 Å². The lowest BCUT2D eigenvalue weighted by Crippen LogP contribution is -2.02. The fourth-order valence-corrected chi connectivity index (χ4v) is 2.89. The Hall–Kier alpha value is -1.18. The van der Waals surface area contributed by atoms with Crippen LogP contribution in [0.25, 0.3) is 0 Å². The zero-order valence-electron chi connectivity index (χ0n) is 13.1. The molecule has 1 N–H and O–H groups in total. The minimum Gasteiger partial charge on any atom is -0.507 e. The number of rotatable bonds is 7. The molecule has 1 aromatic rings. The molecule has 0 radical (unpaired) electrons. The molecule has 0 heterocycles. The van der Waals surface area contributed by atoms with Crippen LogP contribution in [-0.2, 0) is 12.8 Å². The van der Waals surface area contributed by atoms with Crippen LogP contribution >= 0.6 is 0 Å². The second kappa shape index (κ2) is 7.42. The van der Waals surface area contributed by atoms with Crippen LogP contribution in [0.15, 0.2) is 0 Å². The Bertz CT molecular complexity index is 422. The summed E-state index contributed by atoms with van der Waals surface area (Å²) in [5.41, 5.74) is 4.41. The SMILES string of the molecule is CCCCCCc1c(O)c(C)c(CC)c(C)c1OC. The number of ether oxygens (including phenoxy) is 1. The largest absolute Gasteiger partial charge is 0.507 e. The molecular formula is C17H28O2. The zero-order chi connectivity index (χ0) is 14.4. The first-order valence-corrected chi connectivity index (χ1v) is 7.46. The molecule has 19 heavy (non-hydrogen) atoms. The highest BCUT2D eigenvalue weighted by Gasteiger charge is 2.18. The van der Waals surface area contributed by atoms with E-state index >= 15 is 0 Å². The van der Waals surface area contributed by atoms with Crippen molar-refractivity contribution in [1.82, 2.24) is 0 Å². The van der Waals surface area contributed by atoms with Crippen molar-refractivity contribution in [3.05, 3.63) is 22.3 Å². The minimum absolute atomic E-state index is 0.441. The molecule has 0 aliphatic rings. The third kappa shape index (κ3) is 3.43. The maximum absolute atomic E-state index is 10.4. The predicted molar refractivity (Wildman–Crippen MR) is 81.4 cm³/mol. The summed E-state index contributed by atoms with van der Waals surface area (Å²) in [6, 6.07) is 0. The van der Waals surface area contributed by atoms with Gasteiger partial charge in [-0.05, 0) is 49.8 Å². The number of benzene rings is 1. The van der Waals surface area contributed by atoms with Crippen molar-refractivity contribution < 1.29 is 9.84 Å². The molecule has 2 nitrogen and oxygen atoms in total. The summed E-state index contributed by atoms with van der Waals surface area (Å²) < 4.78 is 5.55. The van der Waals surface area contributed by atoms with E-state index in [-0.39, 0.29) is 0 Å². The van der Waals surface area contributed by atoms with Crippen molar-refractivity contribution in [2.24, 2.45) is 0 Å². The van der Waals surface area contributed by atoms with Crippen LogP contribution in [0.3, 0.4) is 0 Å². The molecule has 0 amide bonds. The molecule has 1 rings (SSSR count). The van der Waals surface area contributed by atoms with Crippen molar-refractivity contribution in [3.8, 4) is 11.5 Å². The van der Waals surface area contributed by atoms with E-state index in [9.17, 15) is 5.11 Å². The van der Waals surface area contributed by atoms with Crippen molar-refractivity contribution in [3.63, 3.8) is 0 Å². The van der Waals surface area contributed by atoms with E-state index in [4.69, 9.17) is 4.74 Å². The summed E-state index contributed by atoms with van der Waals surface area (Å²) >= 11 is 0. The lowest BCUT2D eigenvalue weighted by Gasteiger charge is -2.19. The van der Waals surface area contributed by atoms with Crippen LogP contribution in [0.5, 0.6) is 11.5 Å². The molecule has 0 spiro atoms. The first-order valence-electron chi connectivity index (χ1n) is 7.46. The first kappa shape index (κ1) is 15.9. The van der Waals surface area contributed by atoms with E-state index in [1.807, 2.05) is 6.92 Å². The van der Waals surface area contributed by atoms with E-state index in [2.05, 4.69) is 20.8 Å². The number of hydrogen-bond acceptors (Lipinski definition) is 2. The van der Waals surface area contributed by atoms with Crippen LogP contribution in [0.1, 0.15) is 61.8 Å². The number of phenolic OH excluding ortho intramolecular Hbond substituents is 1. The minimum atomic E-state index is 0.441. The van der Waals surface area contributed by atoms with Crippen LogP contribution in [0, 0.1) is 13.8 Å². The molecule has 0 atom stereocenters. The van der Waals surface area contributed by atoms with Gasteiger partial charge in [-0.15, -0.1) is 0 Å². The molecular weight excluding hydrogens is 236 g/mol. The zero-order valence-corrected chi connectivity index (χ0v) is 13.1. The molecule has 0 fully saturated rings. The Balaban J connectivity index is 3.08. The van der Waals surface area contributed by atoms with Gasteiger partial charge in [-0.1, -0.05) is 33.1 Å². The molecule has 0 aliphatic heterocycles. The topological polar surface area (TPSA) is 29.5 Å². The lowest BCUT2D eigenvalue weighted by atomic mass is 9.92. The van der Waals surface area contributed by atoms with E-state index in [0.29, 0.717) is 5.75 Å². The molecule has 0 saturated carbocycles. The Labute approximate surface area is 117 Å². The summed E-state index contributed by atoms with van der Waals surface area (Å²) in [4.78, 5) is 0. The van der Waals surface area contributed by atoms with E-state index in [1.54, 1.807) is 7.11 Å². The van der Waals surface area contributed by atoms with E-state index in [1.165, 1.54) is 30.4 Å². The van der Waals surface area contributed by atoms with Crippen LogP contribution in [0.2, 0.25) is 0 Å². The summed E-state index contributed by atoms with van der Waals surface area (Å²) in [6.45, 7) is 8.44. The quantitative estimate of drug-likeness (QED) is 0.723. The van der Waals surface area contributed by atoms with Crippen LogP contribution in [-0.4, -0.2) is 12.2 Å². The van der Waals surface area contributed by atoms with Crippen LogP contribution < -0.4 is 4.74 Å². The second-order valence-corrected chi connectivity index (χ2v) is 5.25. The Morgan fingerprint density at radius 3 is 2.16 bits per heavy atom. The third-order valence-electron chi connectivity index (χ3n) is 4.00. The second-order valence-electron chi connectivity index (χ2n) is 5.25. The fourth-order valence-electron chi connectivity index (χ4n) is 2.89. The third-order valence-corrected chi connectivity index (χ3v) is 4.00. The highest BCUT2D eigenvalue weighted by molar-refractivity contribution is 5.58. The van der Waals surface area contributed by atoms with E-state index in [0.717, 1.165) is 36.1 Å². The summed E-state index contributed by atoms with van der Waals surface area (Å²) in [7, 11) is 1.70. The first-order chi connectivity index (χ1) is 9.08. The highest BCUT2D eigenvalue weighted by atomic mass is 16.5. The Morgan fingerprint density at radius 1 is 0.947 bits per heavy atom. The van der Waals surface area contributed by atoms with Gasteiger partial charge in [-0.2, -0.15) is 0 Å². The molecule has 2 heteroatoms. The number of aromatic hydroxyl groups is 1. The van der Waals surface area contributed by atoms with Crippen molar-refractivity contribution in [2.75, 3.05) is 7.11 Å². The van der Waals surface area contributed by atoms with Crippen LogP contribution in [0.4, 0.5) is 0 Å². The van der Waals surface area contributed by atoms with Crippen molar-refractivity contribution in [1.29, 1.82) is 0 Å². The lowest BCUT2D eigenvalue weighted by molar-refractivity contribution is 0.393. The van der Waals surface area contributed by atoms with Gasteiger partial charge in [0.1, 0.15) is 11.5 Å². The fraction of sp³-hybridized carbons (Fsp3) is 0.647. The normalized spacial score (nSPS) is 10.8. The summed E-state index contributed by atoms with van der Waals surface area (Å²) in [5, 5.41) is 10.4. The number of phenols is 1. The molecule has 0 bridgehead atoms. The van der Waals surface area contributed by atoms with Crippen molar-refractivity contribution >= 4 is 0 Å². The molecule has 0 saturated heterocycles. The van der Waals surface area contributed by atoms with Gasteiger partial charge in [0, 0.05) is 5.56 Å². The van der Waals surface area contributed by atoms with Gasteiger partial charge >= 0.3 is 0 Å². The highest BCUT2D eigenvalue weighted by Crippen LogP contribution is 2.38. The van der Waals surface area contributed by atoms with Gasteiger partial charge in [0.25, 0.3) is 0 Å². The number of unbranched alkanes of at least 4 members (excludes halogenated alkanes) is 3. The van der Waals surface area contributed by atoms with E-state index < -0.39 is 0 Å². The van der Waals surface area contributed by atoms with Gasteiger partial charge in [-0.3, -0.25) is 0 Å². The smallest absolute Gasteiger partial charge is 0.128 e. The van der Waals surface area contributed by atoms with Gasteiger partial charge in [0.15, 0.2) is 0 Å². The molecule has 0 aliphatic carbocycles. The maximum atomic E-state index is 10.4. The number of hydrogen-bond donors (Lipinski definition) is 1. The molecule has 0 aromatic heterocycles.